The Balaban J connectivity index is 0.000000392. The Morgan fingerprint density at radius 1 is 0.917 bits per heavy atom. The molecule has 36 heavy (non-hydrogen) atoms. The van der Waals surface area contributed by atoms with Crippen molar-refractivity contribution in [2.24, 2.45) is 46.3 Å². The molecule has 4 aliphatic rings. The van der Waals surface area contributed by atoms with Gasteiger partial charge in [-0.3, -0.25) is 0 Å². The minimum atomic E-state index is -0.0766. The zero-order valence-corrected chi connectivity index (χ0v) is 25.2. The molecular weight excluding hydrogens is 444 g/mol. The van der Waals surface area contributed by atoms with Gasteiger partial charge in [-0.15, -0.1) is 0 Å². The van der Waals surface area contributed by atoms with Gasteiger partial charge in [-0.1, -0.05) is 65.5 Å². The van der Waals surface area contributed by atoms with E-state index in [9.17, 15) is 5.11 Å². The number of rotatable bonds is 9. The van der Waals surface area contributed by atoms with Crippen LogP contribution in [-0.2, 0) is 9.47 Å². The Morgan fingerprint density at radius 3 is 2.25 bits per heavy atom. The lowest BCUT2D eigenvalue weighted by Gasteiger charge is -2.58. The lowest BCUT2D eigenvalue weighted by molar-refractivity contribution is -0.123. The average molecular weight is 505 g/mol. The molecule has 3 heteroatoms. The smallest absolute Gasteiger partial charge is 0.154 e. The Labute approximate surface area is 224 Å². The van der Waals surface area contributed by atoms with Crippen molar-refractivity contribution in [3.05, 3.63) is 11.6 Å². The van der Waals surface area contributed by atoms with Gasteiger partial charge in [0.15, 0.2) is 6.29 Å². The number of aliphatic hydroxyl groups is 1. The predicted octanol–water partition coefficient (Wildman–Crippen LogP) is 8.79. The van der Waals surface area contributed by atoms with Crippen molar-refractivity contribution in [3.8, 4) is 0 Å². The maximum Gasteiger partial charge on any atom is 0.154 e. The topological polar surface area (TPSA) is 38.7 Å². The molecule has 8 atom stereocenters. The first-order valence-corrected chi connectivity index (χ1v) is 15.7. The highest BCUT2D eigenvalue weighted by atomic mass is 16.7. The molecule has 0 radical (unpaired) electrons. The highest BCUT2D eigenvalue weighted by molar-refractivity contribution is 5.25. The van der Waals surface area contributed by atoms with Crippen LogP contribution in [0.15, 0.2) is 11.6 Å². The molecule has 1 N–H and O–H groups in total. The average Bonchev–Trinajstić information content (AvgIpc) is 3.17. The van der Waals surface area contributed by atoms with E-state index in [1.54, 1.807) is 5.57 Å². The third-order valence-electron chi connectivity index (χ3n) is 11.1. The van der Waals surface area contributed by atoms with Crippen LogP contribution in [0.1, 0.15) is 126 Å². The second-order valence-electron chi connectivity index (χ2n) is 13.7. The molecule has 4 rings (SSSR count). The van der Waals surface area contributed by atoms with E-state index in [4.69, 9.17) is 9.47 Å². The predicted molar refractivity (Wildman–Crippen MR) is 152 cm³/mol. The quantitative estimate of drug-likeness (QED) is 0.252. The molecule has 0 aliphatic heterocycles. The molecule has 3 saturated carbocycles. The van der Waals surface area contributed by atoms with Crippen molar-refractivity contribution in [2.75, 3.05) is 13.2 Å². The monoisotopic (exact) mass is 504 g/mol. The summed E-state index contributed by atoms with van der Waals surface area (Å²) < 4.78 is 10.1. The zero-order valence-electron chi connectivity index (χ0n) is 25.2. The van der Waals surface area contributed by atoms with Crippen LogP contribution in [0.25, 0.3) is 0 Å². The largest absolute Gasteiger partial charge is 0.393 e. The fourth-order valence-electron chi connectivity index (χ4n) is 9.18. The molecule has 0 heterocycles. The van der Waals surface area contributed by atoms with Crippen LogP contribution in [-0.4, -0.2) is 30.7 Å². The van der Waals surface area contributed by atoms with E-state index in [0.717, 1.165) is 61.6 Å². The van der Waals surface area contributed by atoms with Crippen LogP contribution in [0.3, 0.4) is 0 Å². The molecule has 0 spiro atoms. The maximum atomic E-state index is 10.2. The van der Waals surface area contributed by atoms with Gasteiger partial charge in [0.1, 0.15) is 0 Å². The zero-order chi connectivity index (χ0) is 26.5. The Kier molecular flexibility index (Phi) is 11.0. The molecule has 0 aromatic heterocycles. The first kappa shape index (κ1) is 30.2. The summed E-state index contributed by atoms with van der Waals surface area (Å²) in [5.41, 5.74) is 2.60. The molecule has 0 amide bonds. The first-order valence-electron chi connectivity index (χ1n) is 15.7. The first-order chi connectivity index (χ1) is 17.1. The number of fused-ring (bicyclic) bond motifs is 5. The molecule has 0 bridgehead atoms. The van der Waals surface area contributed by atoms with Crippen LogP contribution < -0.4 is 0 Å². The van der Waals surface area contributed by atoms with Gasteiger partial charge in [-0.2, -0.15) is 0 Å². The second-order valence-corrected chi connectivity index (χ2v) is 13.7. The Hall–Kier alpha value is -0.380. The van der Waals surface area contributed by atoms with Crippen molar-refractivity contribution in [3.63, 3.8) is 0 Å². The van der Waals surface area contributed by atoms with E-state index in [1.807, 2.05) is 20.8 Å². The molecule has 3 fully saturated rings. The summed E-state index contributed by atoms with van der Waals surface area (Å²) in [4.78, 5) is 0. The summed E-state index contributed by atoms with van der Waals surface area (Å²) in [6, 6.07) is 0. The highest BCUT2D eigenvalue weighted by Crippen LogP contribution is 2.67. The number of ether oxygens (including phenoxy) is 2. The maximum absolute atomic E-state index is 10.2. The van der Waals surface area contributed by atoms with Gasteiger partial charge in [0.05, 0.1) is 6.10 Å². The molecule has 0 saturated heterocycles. The van der Waals surface area contributed by atoms with E-state index in [1.165, 1.54) is 57.8 Å². The van der Waals surface area contributed by atoms with Gasteiger partial charge in [0.25, 0.3) is 0 Å². The van der Waals surface area contributed by atoms with Crippen LogP contribution in [0.4, 0.5) is 0 Å². The van der Waals surface area contributed by atoms with Crippen LogP contribution in [0.5, 0.6) is 0 Å². The summed E-state index contributed by atoms with van der Waals surface area (Å²) in [5, 5.41) is 10.2. The Morgan fingerprint density at radius 2 is 1.61 bits per heavy atom. The fraction of sp³-hybridized carbons (Fsp3) is 0.939. The van der Waals surface area contributed by atoms with E-state index in [-0.39, 0.29) is 12.4 Å². The van der Waals surface area contributed by atoms with Gasteiger partial charge in [0.2, 0.25) is 0 Å². The van der Waals surface area contributed by atoms with Crippen LogP contribution >= 0.6 is 0 Å². The molecule has 4 aliphatic carbocycles. The summed E-state index contributed by atoms with van der Waals surface area (Å²) in [5.74, 6) is 5.46. The molecule has 210 valence electrons. The normalized spacial score (nSPS) is 38.5. The third kappa shape index (κ3) is 6.60. The van der Waals surface area contributed by atoms with Gasteiger partial charge < -0.3 is 14.6 Å². The standard InChI is InChI=1S/C27H46O.C6H14O2/c1-18(2)7-6-8-19(3)23-11-12-24-22-10-9-20-17-21(28)13-15-26(20,4)25(22)14-16-27(23,24)5;1-4-7-6(3)8-5-2/h9,18-19,21-25,28H,6-8,10-17H2,1-5H3;6H,4-5H2,1-3H3/t19-,21+,22+,23-,24+,25+,26+,27-;/m1./s1. The summed E-state index contributed by atoms with van der Waals surface area (Å²) in [6.45, 7) is 19.8. The second kappa shape index (κ2) is 13.1. The van der Waals surface area contributed by atoms with Gasteiger partial charge in [-0.25, -0.2) is 0 Å². The number of allylic oxidation sites excluding steroid dienone is 1. The van der Waals surface area contributed by atoms with Crippen molar-refractivity contribution < 1.29 is 14.6 Å². The van der Waals surface area contributed by atoms with Crippen molar-refractivity contribution >= 4 is 0 Å². The SMILES string of the molecule is CC(C)CCC[C@@H](C)[C@H]1CC[C@H]2[C@@H]3CC=C4C[C@@H](O)CC[C@]4(C)[C@H]3CC[C@]12C.CCOC(C)OCC. The van der Waals surface area contributed by atoms with Gasteiger partial charge in [0, 0.05) is 13.2 Å². The van der Waals surface area contributed by atoms with Gasteiger partial charge >= 0.3 is 0 Å². The van der Waals surface area contributed by atoms with Crippen molar-refractivity contribution in [1.82, 2.24) is 0 Å². The van der Waals surface area contributed by atoms with E-state index < -0.39 is 0 Å². The lowest BCUT2D eigenvalue weighted by Crippen LogP contribution is -2.50. The summed E-state index contributed by atoms with van der Waals surface area (Å²) in [7, 11) is 0. The minimum absolute atomic E-state index is 0.0370. The molecular formula is C33H60O3. The number of aliphatic hydroxyl groups excluding tert-OH is 1. The Bertz CT molecular complexity index is 695. The highest BCUT2D eigenvalue weighted by Gasteiger charge is 2.59. The van der Waals surface area contributed by atoms with Crippen molar-refractivity contribution in [2.45, 2.75) is 138 Å². The van der Waals surface area contributed by atoms with E-state index in [0.29, 0.717) is 10.8 Å². The molecule has 0 unspecified atom stereocenters. The molecule has 0 aromatic carbocycles. The molecule has 3 nitrogen and oxygen atoms in total. The third-order valence-corrected chi connectivity index (χ3v) is 11.1. The number of hydrogen-bond acceptors (Lipinski definition) is 3. The van der Waals surface area contributed by atoms with Crippen LogP contribution in [0.2, 0.25) is 0 Å². The van der Waals surface area contributed by atoms with E-state index >= 15 is 0 Å². The minimum Gasteiger partial charge on any atom is -0.393 e. The molecule has 0 aromatic rings. The summed E-state index contributed by atoms with van der Waals surface area (Å²) >= 11 is 0. The lowest BCUT2D eigenvalue weighted by atomic mass is 9.47. The van der Waals surface area contributed by atoms with Gasteiger partial charge in [-0.05, 0) is 118 Å². The number of hydrogen-bond donors (Lipinski definition) is 1. The summed E-state index contributed by atoms with van der Waals surface area (Å²) in [6.07, 6.45) is 17.1. The fourth-order valence-corrected chi connectivity index (χ4v) is 9.18. The van der Waals surface area contributed by atoms with Crippen LogP contribution in [0, 0.1) is 46.3 Å². The van der Waals surface area contributed by atoms with E-state index in [2.05, 4.69) is 40.7 Å². The van der Waals surface area contributed by atoms with Crippen molar-refractivity contribution in [1.29, 1.82) is 0 Å².